The number of hydrogen-bond acceptors (Lipinski definition) is 3. The van der Waals surface area contributed by atoms with Gasteiger partial charge in [0.1, 0.15) is 0 Å². The van der Waals surface area contributed by atoms with Crippen molar-refractivity contribution >= 4 is 17.2 Å². The van der Waals surface area contributed by atoms with Gasteiger partial charge in [0.05, 0.1) is 12.6 Å². The van der Waals surface area contributed by atoms with Gasteiger partial charge in [-0.2, -0.15) is 0 Å². The van der Waals surface area contributed by atoms with Crippen molar-refractivity contribution in [1.82, 2.24) is 10.2 Å². The van der Waals surface area contributed by atoms with Crippen LogP contribution in [0.2, 0.25) is 0 Å². The van der Waals surface area contributed by atoms with E-state index in [1.165, 1.54) is 10.4 Å². The Kier molecular flexibility index (Phi) is 4.60. The van der Waals surface area contributed by atoms with E-state index in [4.69, 9.17) is 0 Å². The first-order valence-electron chi connectivity index (χ1n) is 7.80. The van der Waals surface area contributed by atoms with Crippen molar-refractivity contribution in [2.75, 3.05) is 13.1 Å². The van der Waals surface area contributed by atoms with E-state index >= 15 is 0 Å². The maximum atomic E-state index is 12.3. The van der Waals surface area contributed by atoms with Crippen molar-refractivity contribution in [2.45, 2.75) is 32.4 Å². The number of carbonyl (C=O) groups is 1. The van der Waals surface area contributed by atoms with Crippen LogP contribution < -0.4 is 5.32 Å². The number of nitrogens with zero attached hydrogens (tertiary/aromatic N) is 1. The molecule has 3 nitrogen and oxygen atoms in total. The van der Waals surface area contributed by atoms with E-state index in [9.17, 15) is 4.79 Å². The first-order valence-corrected chi connectivity index (χ1v) is 8.67. The van der Waals surface area contributed by atoms with Gasteiger partial charge in [-0.15, -0.1) is 11.3 Å². The number of benzene rings is 1. The summed E-state index contributed by atoms with van der Waals surface area (Å²) in [5.74, 6) is 0.0990. The fourth-order valence-electron chi connectivity index (χ4n) is 3.07. The average Bonchev–Trinajstić information content (AvgIpc) is 3.00. The molecule has 1 amide bonds. The van der Waals surface area contributed by atoms with Crippen molar-refractivity contribution in [1.29, 1.82) is 0 Å². The molecule has 2 aromatic rings. The number of hydrogen-bond donors (Lipinski definition) is 1. The topological polar surface area (TPSA) is 32.3 Å². The quantitative estimate of drug-likeness (QED) is 0.936. The molecule has 0 unspecified atom stereocenters. The third kappa shape index (κ3) is 3.23. The summed E-state index contributed by atoms with van der Waals surface area (Å²) in [7, 11) is 0. The van der Waals surface area contributed by atoms with Crippen LogP contribution >= 0.6 is 11.3 Å². The van der Waals surface area contributed by atoms with Crippen LogP contribution in [0.3, 0.4) is 0 Å². The minimum Gasteiger partial charge on any atom is -0.348 e. The van der Waals surface area contributed by atoms with Crippen LogP contribution in [-0.2, 0) is 11.2 Å². The van der Waals surface area contributed by atoms with E-state index in [0.29, 0.717) is 12.6 Å². The maximum Gasteiger partial charge on any atom is 0.234 e. The lowest BCUT2D eigenvalue weighted by Gasteiger charge is -2.33. The van der Waals surface area contributed by atoms with Crippen LogP contribution in [0.1, 0.15) is 41.9 Å². The summed E-state index contributed by atoms with van der Waals surface area (Å²) < 4.78 is 0. The summed E-state index contributed by atoms with van der Waals surface area (Å²) in [4.78, 5) is 16.1. The zero-order chi connectivity index (χ0) is 15.5. The molecule has 0 bridgehead atoms. The molecule has 0 fully saturated rings. The predicted octanol–water partition coefficient (Wildman–Crippen LogP) is 3.54. The van der Waals surface area contributed by atoms with Crippen molar-refractivity contribution in [3.05, 3.63) is 57.8 Å². The van der Waals surface area contributed by atoms with Crippen molar-refractivity contribution in [3.8, 4) is 0 Å². The normalized spacial score (nSPS) is 19.5. The number of rotatable bonds is 4. The van der Waals surface area contributed by atoms with Crippen LogP contribution in [0.25, 0.3) is 0 Å². The van der Waals surface area contributed by atoms with E-state index in [1.54, 1.807) is 0 Å². The summed E-state index contributed by atoms with van der Waals surface area (Å²) in [6.45, 7) is 5.65. The second-order valence-electron chi connectivity index (χ2n) is 5.90. The third-order valence-electron chi connectivity index (χ3n) is 4.43. The second-order valence-corrected chi connectivity index (χ2v) is 6.90. The van der Waals surface area contributed by atoms with Crippen molar-refractivity contribution in [3.63, 3.8) is 0 Å². The van der Waals surface area contributed by atoms with Gasteiger partial charge in [-0.3, -0.25) is 9.69 Å². The van der Waals surface area contributed by atoms with E-state index in [2.05, 4.69) is 28.6 Å². The lowest BCUT2D eigenvalue weighted by Crippen LogP contribution is -2.42. The van der Waals surface area contributed by atoms with Gasteiger partial charge in [-0.05, 0) is 42.8 Å². The second kappa shape index (κ2) is 6.63. The fourth-order valence-corrected chi connectivity index (χ4v) is 4.04. The number of thiophene rings is 1. The van der Waals surface area contributed by atoms with Gasteiger partial charge in [-0.1, -0.05) is 30.3 Å². The molecular weight excluding hydrogens is 292 g/mol. The highest BCUT2D eigenvalue weighted by Crippen LogP contribution is 2.32. The first kappa shape index (κ1) is 15.3. The highest BCUT2D eigenvalue weighted by atomic mass is 32.1. The van der Waals surface area contributed by atoms with Gasteiger partial charge in [-0.25, -0.2) is 0 Å². The molecule has 4 heteroatoms. The van der Waals surface area contributed by atoms with Crippen LogP contribution in [0.4, 0.5) is 0 Å². The largest absolute Gasteiger partial charge is 0.348 e. The molecule has 22 heavy (non-hydrogen) atoms. The Bertz CT molecular complexity index is 638. The molecular formula is C18H22N2OS. The van der Waals surface area contributed by atoms with E-state index < -0.39 is 0 Å². The Hall–Kier alpha value is -1.65. The number of nitrogens with one attached hydrogen (secondary N) is 1. The molecule has 1 N–H and O–H groups in total. The SMILES string of the molecule is C[C@H](NC(=O)CN1CCc2sccc2[C@H]1C)c1ccccc1. The van der Waals surface area contributed by atoms with E-state index in [1.807, 2.05) is 48.6 Å². The van der Waals surface area contributed by atoms with Crippen molar-refractivity contribution < 1.29 is 4.79 Å². The fraction of sp³-hybridized carbons (Fsp3) is 0.389. The molecule has 0 radical (unpaired) electrons. The predicted molar refractivity (Wildman–Crippen MR) is 91.0 cm³/mol. The molecule has 3 rings (SSSR count). The third-order valence-corrected chi connectivity index (χ3v) is 5.42. The summed E-state index contributed by atoms with van der Waals surface area (Å²) in [5.41, 5.74) is 2.53. The van der Waals surface area contributed by atoms with Gasteiger partial charge in [0, 0.05) is 17.5 Å². The number of amides is 1. The molecule has 0 saturated carbocycles. The van der Waals surface area contributed by atoms with E-state index in [0.717, 1.165) is 18.5 Å². The Balaban J connectivity index is 1.59. The minimum absolute atomic E-state index is 0.0468. The summed E-state index contributed by atoms with van der Waals surface area (Å²) in [6.07, 6.45) is 1.05. The Morgan fingerprint density at radius 3 is 2.91 bits per heavy atom. The van der Waals surface area contributed by atoms with Gasteiger partial charge >= 0.3 is 0 Å². The molecule has 1 aromatic heterocycles. The number of fused-ring (bicyclic) bond motifs is 1. The molecule has 0 aliphatic carbocycles. The van der Waals surface area contributed by atoms with Crippen LogP contribution in [-0.4, -0.2) is 23.9 Å². The Morgan fingerprint density at radius 2 is 2.14 bits per heavy atom. The number of carbonyl (C=O) groups excluding carboxylic acids is 1. The van der Waals surface area contributed by atoms with Crippen LogP contribution in [0, 0.1) is 0 Å². The standard InChI is InChI=1S/C18H22N2OS/c1-13(15-6-4-3-5-7-15)19-18(21)12-20-10-8-17-16(14(20)2)9-11-22-17/h3-7,9,11,13-14H,8,10,12H2,1-2H3,(H,19,21)/t13-,14+/m0/s1. The van der Waals surface area contributed by atoms with Gasteiger partial charge in [0.2, 0.25) is 5.91 Å². The highest BCUT2D eigenvalue weighted by Gasteiger charge is 2.26. The minimum atomic E-state index is 0.0468. The molecule has 1 aliphatic heterocycles. The monoisotopic (exact) mass is 314 g/mol. The Labute approximate surface area is 136 Å². The molecule has 2 heterocycles. The van der Waals surface area contributed by atoms with Gasteiger partial charge in [0.15, 0.2) is 0 Å². The maximum absolute atomic E-state index is 12.3. The molecule has 2 atom stereocenters. The van der Waals surface area contributed by atoms with Gasteiger partial charge < -0.3 is 5.32 Å². The highest BCUT2D eigenvalue weighted by molar-refractivity contribution is 7.10. The zero-order valence-corrected chi connectivity index (χ0v) is 13.9. The average molecular weight is 314 g/mol. The smallest absolute Gasteiger partial charge is 0.234 e. The molecule has 1 aliphatic rings. The first-order chi connectivity index (χ1) is 10.6. The van der Waals surface area contributed by atoms with Crippen LogP contribution in [0.15, 0.2) is 41.8 Å². The molecule has 0 saturated heterocycles. The van der Waals surface area contributed by atoms with Gasteiger partial charge in [0.25, 0.3) is 0 Å². The zero-order valence-electron chi connectivity index (χ0n) is 13.1. The van der Waals surface area contributed by atoms with Crippen LogP contribution in [0.5, 0.6) is 0 Å². The molecule has 116 valence electrons. The van der Waals surface area contributed by atoms with E-state index in [-0.39, 0.29) is 11.9 Å². The molecule has 0 spiro atoms. The summed E-state index contributed by atoms with van der Waals surface area (Å²) >= 11 is 1.83. The summed E-state index contributed by atoms with van der Waals surface area (Å²) in [5, 5.41) is 5.26. The van der Waals surface area contributed by atoms with Crippen molar-refractivity contribution in [2.24, 2.45) is 0 Å². The lowest BCUT2D eigenvalue weighted by molar-refractivity contribution is -0.123. The Morgan fingerprint density at radius 1 is 1.36 bits per heavy atom. The molecule has 1 aromatic carbocycles. The summed E-state index contributed by atoms with van der Waals surface area (Å²) in [6, 6.07) is 12.7. The lowest BCUT2D eigenvalue weighted by atomic mass is 10.0.